The lowest BCUT2D eigenvalue weighted by molar-refractivity contribution is -0.130. The Morgan fingerprint density at radius 2 is 2.18 bits per heavy atom. The second-order valence-electron chi connectivity index (χ2n) is 4.31. The van der Waals surface area contributed by atoms with Crippen LogP contribution in [0.15, 0.2) is 17.5 Å². The van der Waals surface area contributed by atoms with Crippen molar-refractivity contribution in [3.63, 3.8) is 0 Å². The molecule has 1 aromatic heterocycles. The molecule has 1 aromatic rings. The van der Waals surface area contributed by atoms with Gasteiger partial charge in [0.05, 0.1) is 6.04 Å². The zero-order valence-corrected chi connectivity index (χ0v) is 10.9. The highest BCUT2D eigenvalue weighted by molar-refractivity contribution is 7.10. The molecular weight excluding hydrogens is 234 g/mol. The number of rotatable bonds is 3. The van der Waals surface area contributed by atoms with Gasteiger partial charge in [0.25, 0.3) is 0 Å². The van der Waals surface area contributed by atoms with E-state index in [2.05, 4.69) is 22.4 Å². The van der Waals surface area contributed by atoms with Gasteiger partial charge in [0, 0.05) is 44.5 Å². The summed E-state index contributed by atoms with van der Waals surface area (Å²) in [7, 11) is 0. The molecule has 4 nitrogen and oxygen atoms in total. The minimum Gasteiger partial charge on any atom is -0.340 e. The van der Waals surface area contributed by atoms with E-state index in [1.165, 1.54) is 4.88 Å². The Balaban J connectivity index is 1.97. The van der Waals surface area contributed by atoms with Crippen LogP contribution in [-0.4, -0.2) is 48.4 Å². The van der Waals surface area contributed by atoms with Crippen LogP contribution in [0.25, 0.3) is 0 Å². The molecule has 1 saturated heterocycles. The lowest BCUT2D eigenvalue weighted by atomic mass is 10.1. The second-order valence-corrected chi connectivity index (χ2v) is 5.29. The van der Waals surface area contributed by atoms with Gasteiger partial charge in [-0.25, -0.2) is 0 Å². The average molecular weight is 253 g/mol. The van der Waals surface area contributed by atoms with Crippen molar-refractivity contribution >= 4 is 17.2 Å². The monoisotopic (exact) mass is 253 g/mol. The first-order valence-electron chi connectivity index (χ1n) is 5.95. The predicted molar refractivity (Wildman–Crippen MR) is 69.9 cm³/mol. The van der Waals surface area contributed by atoms with E-state index in [1.54, 1.807) is 18.3 Å². The van der Waals surface area contributed by atoms with Gasteiger partial charge in [-0.3, -0.25) is 9.69 Å². The fraction of sp³-hybridized carbons (Fsp3) is 0.583. The summed E-state index contributed by atoms with van der Waals surface area (Å²) in [6, 6.07) is 4.51. The predicted octanol–water partition coefficient (Wildman–Crippen LogP) is 0.912. The van der Waals surface area contributed by atoms with Crippen LogP contribution in [-0.2, 0) is 4.79 Å². The number of carbonyl (C=O) groups excluding carboxylic acids is 1. The molecule has 1 amide bonds. The lowest BCUT2D eigenvalue weighted by Gasteiger charge is -2.38. The van der Waals surface area contributed by atoms with Gasteiger partial charge in [-0.2, -0.15) is 0 Å². The Morgan fingerprint density at radius 1 is 1.47 bits per heavy atom. The summed E-state index contributed by atoms with van der Waals surface area (Å²) in [6.45, 7) is 5.74. The fourth-order valence-electron chi connectivity index (χ4n) is 2.27. The number of hydrogen-bond acceptors (Lipinski definition) is 4. The highest BCUT2D eigenvalue weighted by Gasteiger charge is 2.25. The van der Waals surface area contributed by atoms with Gasteiger partial charge in [0.1, 0.15) is 0 Å². The zero-order chi connectivity index (χ0) is 12.3. The molecule has 1 aliphatic heterocycles. The largest absolute Gasteiger partial charge is 0.340 e. The SMILES string of the molecule is CC(=O)N1CCN(C(CN)c2cccs2)CC1. The molecule has 5 heteroatoms. The summed E-state index contributed by atoms with van der Waals surface area (Å²) in [5.74, 6) is 0.171. The number of amides is 1. The molecule has 0 spiro atoms. The van der Waals surface area contributed by atoms with E-state index >= 15 is 0 Å². The molecule has 0 aromatic carbocycles. The van der Waals surface area contributed by atoms with Crippen molar-refractivity contribution in [3.05, 3.63) is 22.4 Å². The first-order chi connectivity index (χ1) is 8.22. The van der Waals surface area contributed by atoms with E-state index in [-0.39, 0.29) is 5.91 Å². The van der Waals surface area contributed by atoms with Crippen molar-refractivity contribution in [2.75, 3.05) is 32.7 Å². The van der Waals surface area contributed by atoms with Crippen LogP contribution < -0.4 is 5.73 Å². The van der Waals surface area contributed by atoms with Gasteiger partial charge in [0.15, 0.2) is 0 Å². The summed E-state index contributed by atoms with van der Waals surface area (Å²) < 4.78 is 0. The second kappa shape index (κ2) is 5.62. The third-order valence-corrected chi connectivity index (χ3v) is 4.27. The number of nitrogens with zero attached hydrogens (tertiary/aromatic N) is 2. The van der Waals surface area contributed by atoms with Crippen molar-refractivity contribution in [1.29, 1.82) is 0 Å². The molecule has 0 aliphatic carbocycles. The molecule has 0 saturated carbocycles. The van der Waals surface area contributed by atoms with Crippen LogP contribution in [0.4, 0.5) is 0 Å². The molecule has 0 radical (unpaired) electrons. The van der Waals surface area contributed by atoms with Gasteiger partial charge in [-0.05, 0) is 11.4 Å². The van der Waals surface area contributed by atoms with E-state index < -0.39 is 0 Å². The number of piperazine rings is 1. The first kappa shape index (κ1) is 12.5. The van der Waals surface area contributed by atoms with Crippen LogP contribution >= 0.6 is 11.3 Å². The number of nitrogens with two attached hydrogens (primary N) is 1. The molecule has 1 atom stereocenters. The maximum atomic E-state index is 11.3. The van der Waals surface area contributed by atoms with Crippen molar-refractivity contribution < 1.29 is 4.79 Å². The quantitative estimate of drug-likeness (QED) is 0.871. The maximum absolute atomic E-state index is 11.3. The number of hydrogen-bond donors (Lipinski definition) is 1. The molecule has 1 aliphatic rings. The summed E-state index contributed by atoms with van der Waals surface area (Å²) in [5, 5.41) is 2.09. The lowest BCUT2D eigenvalue weighted by Crippen LogP contribution is -2.50. The van der Waals surface area contributed by atoms with Crippen molar-refractivity contribution in [2.45, 2.75) is 13.0 Å². The molecule has 2 rings (SSSR count). The maximum Gasteiger partial charge on any atom is 0.219 e. The summed E-state index contributed by atoms with van der Waals surface area (Å²) >= 11 is 1.75. The van der Waals surface area contributed by atoms with Crippen LogP contribution in [0.3, 0.4) is 0 Å². The summed E-state index contributed by atoms with van der Waals surface area (Å²) in [6.07, 6.45) is 0. The normalized spacial score (nSPS) is 19.3. The van der Waals surface area contributed by atoms with E-state index in [9.17, 15) is 4.79 Å². The van der Waals surface area contributed by atoms with Gasteiger partial charge in [-0.15, -0.1) is 11.3 Å². The van der Waals surface area contributed by atoms with E-state index in [0.717, 1.165) is 26.2 Å². The number of thiophene rings is 1. The Kier molecular flexibility index (Phi) is 4.15. The summed E-state index contributed by atoms with van der Waals surface area (Å²) in [5.41, 5.74) is 5.87. The first-order valence-corrected chi connectivity index (χ1v) is 6.83. The Morgan fingerprint density at radius 3 is 2.65 bits per heavy atom. The molecule has 1 unspecified atom stereocenters. The van der Waals surface area contributed by atoms with Crippen LogP contribution in [0.1, 0.15) is 17.8 Å². The van der Waals surface area contributed by atoms with Crippen molar-refractivity contribution in [2.24, 2.45) is 5.73 Å². The Bertz CT molecular complexity index is 358. The fourth-order valence-corrected chi connectivity index (χ4v) is 3.15. The third-order valence-electron chi connectivity index (χ3n) is 3.30. The molecule has 17 heavy (non-hydrogen) atoms. The standard InChI is InChI=1S/C12H19N3OS/c1-10(16)14-4-6-15(7-5-14)11(9-13)12-3-2-8-17-12/h2-3,8,11H,4-7,9,13H2,1H3. The molecule has 0 bridgehead atoms. The zero-order valence-electron chi connectivity index (χ0n) is 10.1. The van der Waals surface area contributed by atoms with Crippen LogP contribution in [0.5, 0.6) is 0 Å². The average Bonchev–Trinajstić information content (AvgIpc) is 2.84. The molecule has 1 fully saturated rings. The van der Waals surface area contributed by atoms with Gasteiger partial charge < -0.3 is 10.6 Å². The minimum atomic E-state index is 0.171. The molecular formula is C12H19N3OS. The molecule has 2 heterocycles. The minimum absolute atomic E-state index is 0.171. The van der Waals surface area contributed by atoms with Crippen LogP contribution in [0, 0.1) is 0 Å². The van der Waals surface area contributed by atoms with E-state index in [4.69, 9.17) is 5.73 Å². The Labute approximate surface area is 106 Å². The van der Waals surface area contributed by atoms with Crippen LogP contribution in [0.2, 0.25) is 0 Å². The summed E-state index contributed by atoms with van der Waals surface area (Å²) in [4.78, 5) is 16.9. The van der Waals surface area contributed by atoms with Gasteiger partial charge in [0.2, 0.25) is 5.91 Å². The van der Waals surface area contributed by atoms with Crippen molar-refractivity contribution in [3.8, 4) is 0 Å². The van der Waals surface area contributed by atoms with Gasteiger partial charge in [-0.1, -0.05) is 6.07 Å². The van der Waals surface area contributed by atoms with E-state index in [1.807, 2.05) is 4.90 Å². The highest BCUT2D eigenvalue weighted by Crippen LogP contribution is 2.25. The Hall–Kier alpha value is -0.910. The topological polar surface area (TPSA) is 49.6 Å². The highest BCUT2D eigenvalue weighted by atomic mass is 32.1. The smallest absolute Gasteiger partial charge is 0.219 e. The number of carbonyl (C=O) groups is 1. The van der Waals surface area contributed by atoms with Gasteiger partial charge >= 0.3 is 0 Å². The third kappa shape index (κ3) is 2.86. The molecule has 94 valence electrons. The van der Waals surface area contributed by atoms with E-state index in [0.29, 0.717) is 12.6 Å². The van der Waals surface area contributed by atoms with Crippen molar-refractivity contribution in [1.82, 2.24) is 9.80 Å². The molecule has 2 N–H and O–H groups in total.